The molecule has 0 bridgehead atoms. The van der Waals surface area contributed by atoms with Crippen molar-refractivity contribution in [1.29, 1.82) is 5.26 Å². The maximum Gasteiger partial charge on any atom is 0.274 e. The van der Waals surface area contributed by atoms with Crippen LogP contribution in [-0.4, -0.2) is 75.1 Å². The Morgan fingerprint density at radius 2 is 1.69 bits per heavy atom. The van der Waals surface area contributed by atoms with Crippen molar-refractivity contribution in [2.75, 3.05) is 31.2 Å². The lowest BCUT2D eigenvalue weighted by atomic mass is 9.49. The number of piperidine rings is 1. The number of aromatic amines is 1. The summed E-state index contributed by atoms with van der Waals surface area (Å²) < 4.78 is 26.7. The molecule has 1 amide bonds. The molecule has 1 saturated heterocycles. The number of amides is 1. The summed E-state index contributed by atoms with van der Waals surface area (Å²) in [6, 6.07) is 21.8. The van der Waals surface area contributed by atoms with E-state index in [1.165, 1.54) is 4.57 Å². The minimum atomic E-state index is -1.09. The molecule has 8 rings (SSSR count). The number of ether oxygens (including phenoxy) is 4. The van der Waals surface area contributed by atoms with Gasteiger partial charge in [0.1, 0.15) is 47.3 Å². The van der Waals surface area contributed by atoms with Crippen molar-refractivity contribution in [2.45, 2.75) is 78.2 Å². The van der Waals surface area contributed by atoms with Crippen LogP contribution < -0.4 is 30.0 Å². The first-order chi connectivity index (χ1) is 30.9. The number of nitrogens with one attached hydrogen (secondary N) is 2. The second kappa shape index (κ2) is 17.9. The standard InChI is InChI=1S/C50H54ClN7O7/c1-48(2)45(49(3,4)46(48)65-36-13-11-30(26-52)40(51)25-36)56-43(59)31-27-54-47(55-28-31)58-19-16-33(17-20-58)62-21-22-63-34-9-8-10-35(24-34)64-41-14-12-32(50(5,6)61)23-38(41)39-29-57(7)44(60)42-37(39)15-18-53-42/h8-15,18,23-25,27-29,33,45-46,53,61H,16-17,19-22H2,1-7H3,(H,56,59). The number of nitrogens with zero attached hydrogens (tertiary/aromatic N) is 5. The lowest BCUT2D eigenvalue weighted by molar-refractivity contribution is -0.164. The van der Waals surface area contributed by atoms with Crippen LogP contribution in [0.25, 0.3) is 22.0 Å². The number of hydrogen-bond acceptors (Lipinski definition) is 11. The summed E-state index contributed by atoms with van der Waals surface area (Å²) in [6.07, 6.45) is 8.09. The number of anilines is 1. The van der Waals surface area contributed by atoms with Crippen LogP contribution in [0.4, 0.5) is 5.95 Å². The molecule has 3 N–H and O–H groups in total. The Morgan fingerprint density at radius 3 is 2.38 bits per heavy atom. The number of carbonyl (C=O) groups excluding carboxylic acids is 1. The zero-order chi connectivity index (χ0) is 46.3. The quantitative estimate of drug-likeness (QED) is 0.0893. The number of rotatable bonds is 14. The molecule has 3 aromatic carbocycles. The zero-order valence-corrected chi connectivity index (χ0v) is 38.4. The van der Waals surface area contributed by atoms with Gasteiger partial charge in [0.05, 0.1) is 34.5 Å². The summed E-state index contributed by atoms with van der Waals surface area (Å²) in [5, 5.41) is 24.4. The molecule has 338 valence electrons. The van der Waals surface area contributed by atoms with E-state index < -0.39 is 16.4 Å². The normalized spacial score (nSPS) is 18.1. The Hall–Kier alpha value is -6.40. The Bertz CT molecular complexity index is 2800. The molecule has 0 atom stereocenters. The lowest BCUT2D eigenvalue weighted by Gasteiger charge is -2.63. The van der Waals surface area contributed by atoms with Crippen LogP contribution in [0, 0.1) is 22.2 Å². The van der Waals surface area contributed by atoms with Crippen LogP contribution in [0.2, 0.25) is 5.02 Å². The monoisotopic (exact) mass is 899 g/mol. The average Bonchev–Trinajstić information content (AvgIpc) is 3.78. The molecular weight excluding hydrogens is 846 g/mol. The van der Waals surface area contributed by atoms with Gasteiger partial charge < -0.3 is 43.8 Å². The molecule has 0 spiro atoms. The zero-order valence-electron chi connectivity index (χ0n) is 37.6. The summed E-state index contributed by atoms with van der Waals surface area (Å²) >= 11 is 6.25. The van der Waals surface area contributed by atoms with E-state index >= 15 is 0 Å². The highest BCUT2D eigenvalue weighted by molar-refractivity contribution is 6.31. The van der Waals surface area contributed by atoms with E-state index in [1.807, 2.05) is 48.5 Å². The van der Waals surface area contributed by atoms with Gasteiger partial charge in [-0.3, -0.25) is 9.59 Å². The fourth-order valence-corrected chi connectivity index (χ4v) is 9.67. The van der Waals surface area contributed by atoms with Crippen molar-refractivity contribution in [3.8, 4) is 40.2 Å². The highest BCUT2D eigenvalue weighted by Crippen LogP contribution is 2.55. The third-order valence-corrected chi connectivity index (χ3v) is 13.0. The van der Waals surface area contributed by atoms with Gasteiger partial charge in [-0.15, -0.1) is 0 Å². The molecule has 1 aliphatic carbocycles. The van der Waals surface area contributed by atoms with E-state index in [2.05, 4.69) is 58.9 Å². The molecule has 6 aromatic rings. The number of aromatic nitrogens is 4. The summed E-state index contributed by atoms with van der Waals surface area (Å²) in [5.74, 6) is 2.65. The van der Waals surface area contributed by atoms with Gasteiger partial charge >= 0.3 is 0 Å². The number of pyridine rings is 1. The van der Waals surface area contributed by atoms with Crippen molar-refractivity contribution < 1.29 is 28.8 Å². The first-order valence-corrected chi connectivity index (χ1v) is 22.1. The lowest BCUT2D eigenvalue weighted by Crippen LogP contribution is -2.74. The molecule has 2 fully saturated rings. The second-order valence-electron chi connectivity index (χ2n) is 18.6. The van der Waals surface area contributed by atoms with Gasteiger partial charge in [-0.25, -0.2) is 9.97 Å². The van der Waals surface area contributed by atoms with Gasteiger partial charge in [0.25, 0.3) is 11.5 Å². The number of fused-ring (bicyclic) bond motifs is 1. The van der Waals surface area contributed by atoms with Gasteiger partial charge in [0, 0.05) is 90.4 Å². The van der Waals surface area contributed by atoms with E-state index in [-0.39, 0.29) is 29.7 Å². The van der Waals surface area contributed by atoms with Crippen LogP contribution >= 0.6 is 11.6 Å². The van der Waals surface area contributed by atoms with Gasteiger partial charge in [-0.05, 0) is 74.7 Å². The molecule has 0 unspecified atom stereocenters. The predicted octanol–water partition coefficient (Wildman–Crippen LogP) is 8.54. The third-order valence-electron chi connectivity index (χ3n) is 12.7. The van der Waals surface area contributed by atoms with Gasteiger partial charge in [-0.2, -0.15) is 5.26 Å². The molecular formula is C50H54ClN7O7. The minimum Gasteiger partial charge on any atom is -0.491 e. The highest BCUT2D eigenvalue weighted by Gasteiger charge is 2.64. The summed E-state index contributed by atoms with van der Waals surface area (Å²) in [7, 11) is 1.71. The molecule has 1 saturated carbocycles. The first-order valence-electron chi connectivity index (χ1n) is 21.7. The predicted molar refractivity (Wildman–Crippen MR) is 249 cm³/mol. The fourth-order valence-electron chi connectivity index (χ4n) is 9.46. The maximum atomic E-state index is 13.4. The first kappa shape index (κ1) is 45.2. The van der Waals surface area contributed by atoms with Crippen molar-refractivity contribution in [2.24, 2.45) is 17.9 Å². The number of hydrogen-bond donors (Lipinski definition) is 3. The Labute approximate surface area is 383 Å². The molecule has 14 nitrogen and oxygen atoms in total. The maximum absolute atomic E-state index is 13.4. The van der Waals surface area contributed by atoms with Gasteiger partial charge in [0.15, 0.2) is 0 Å². The fraction of sp³-hybridized carbons (Fsp3) is 0.380. The SMILES string of the molecule is Cn1cc(-c2cc(C(C)(C)O)ccc2Oc2cccc(OCCOC3CCN(c4ncc(C(=O)NC5C(C)(C)C(Oc6ccc(C#N)c(Cl)c6)C5(C)C)cn4)CC3)c2)c2cc[nH]c2c1=O. The van der Waals surface area contributed by atoms with Crippen LogP contribution in [0.3, 0.4) is 0 Å². The smallest absolute Gasteiger partial charge is 0.274 e. The van der Waals surface area contributed by atoms with E-state index in [0.717, 1.165) is 29.4 Å². The molecule has 0 radical (unpaired) electrons. The van der Waals surface area contributed by atoms with Gasteiger partial charge in [0.2, 0.25) is 5.95 Å². The summed E-state index contributed by atoms with van der Waals surface area (Å²) in [6.45, 7) is 13.9. The Balaban J connectivity index is 0.809. The molecule has 15 heteroatoms. The van der Waals surface area contributed by atoms with E-state index in [1.54, 1.807) is 63.9 Å². The van der Waals surface area contributed by atoms with E-state index in [0.29, 0.717) is 82.5 Å². The van der Waals surface area contributed by atoms with Crippen LogP contribution in [-0.2, 0) is 17.4 Å². The van der Waals surface area contributed by atoms with Crippen molar-refractivity contribution in [3.05, 3.63) is 124 Å². The highest BCUT2D eigenvalue weighted by atomic mass is 35.5. The Morgan fingerprint density at radius 1 is 0.969 bits per heavy atom. The number of aryl methyl sites for hydroxylation is 1. The number of nitriles is 1. The largest absolute Gasteiger partial charge is 0.491 e. The summed E-state index contributed by atoms with van der Waals surface area (Å²) in [4.78, 5) is 40.5. The van der Waals surface area contributed by atoms with Crippen molar-refractivity contribution in [3.63, 3.8) is 0 Å². The molecule has 65 heavy (non-hydrogen) atoms. The van der Waals surface area contributed by atoms with E-state index in [9.17, 15) is 20.0 Å². The number of benzene rings is 3. The van der Waals surface area contributed by atoms with Gasteiger partial charge in [-0.1, -0.05) is 51.4 Å². The van der Waals surface area contributed by atoms with E-state index in [4.69, 9.17) is 30.5 Å². The Kier molecular flexibility index (Phi) is 12.4. The number of aliphatic hydroxyl groups is 1. The average molecular weight is 900 g/mol. The molecule has 2 aliphatic rings. The van der Waals surface area contributed by atoms with Crippen molar-refractivity contribution in [1.82, 2.24) is 24.8 Å². The molecule has 3 aromatic heterocycles. The number of carbonyl (C=O) groups is 1. The molecule has 1 aliphatic heterocycles. The second-order valence-corrected chi connectivity index (χ2v) is 19.0. The van der Waals surface area contributed by atoms with Crippen molar-refractivity contribution >= 4 is 34.4 Å². The third kappa shape index (κ3) is 9.27. The van der Waals surface area contributed by atoms with Crippen LogP contribution in [0.15, 0.2) is 96.3 Å². The minimum absolute atomic E-state index is 0.0553. The molecule has 4 heterocycles. The number of H-pyrrole nitrogens is 1. The summed E-state index contributed by atoms with van der Waals surface area (Å²) in [5.41, 5.74) is 1.45. The number of halogens is 1. The van der Waals surface area contributed by atoms with Crippen LogP contribution in [0.5, 0.6) is 23.0 Å². The topological polar surface area (TPSA) is 177 Å². The van der Waals surface area contributed by atoms with Crippen LogP contribution in [0.1, 0.15) is 75.9 Å².